The van der Waals surface area contributed by atoms with Crippen LogP contribution in [-0.2, 0) is 6.54 Å². The Bertz CT molecular complexity index is 1130. The van der Waals surface area contributed by atoms with Crippen molar-refractivity contribution in [1.82, 2.24) is 14.8 Å². The van der Waals surface area contributed by atoms with Gasteiger partial charge in [-0.15, -0.1) is 5.10 Å². The Morgan fingerprint density at radius 1 is 1.26 bits per heavy atom. The number of aromatic nitrogens is 3. The number of anilines is 1. The number of rotatable bonds is 4. The van der Waals surface area contributed by atoms with Gasteiger partial charge in [-0.2, -0.15) is 0 Å². The van der Waals surface area contributed by atoms with Crippen LogP contribution in [0.25, 0.3) is 11.0 Å². The summed E-state index contributed by atoms with van der Waals surface area (Å²) in [6.07, 6.45) is 1.57. The van der Waals surface area contributed by atoms with Crippen LogP contribution in [0.3, 0.4) is 0 Å². The van der Waals surface area contributed by atoms with Gasteiger partial charge in [0.1, 0.15) is 6.33 Å². The van der Waals surface area contributed by atoms with Crippen LogP contribution in [0.2, 0.25) is 5.02 Å². The fraction of sp³-hybridized carbons (Fsp3) is 0.105. The molecule has 27 heavy (non-hydrogen) atoms. The summed E-state index contributed by atoms with van der Waals surface area (Å²) >= 11 is 9.55. The molecule has 2 aromatic carbocycles. The third-order valence-electron chi connectivity index (χ3n) is 4.14. The Labute approximate surface area is 168 Å². The Morgan fingerprint density at radius 2 is 2.04 bits per heavy atom. The number of hydrogen-bond donors (Lipinski definition) is 1. The second kappa shape index (κ2) is 7.17. The minimum Gasteiger partial charge on any atom is -0.449 e. The van der Waals surface area contributed by atoms with Crippen molar-refractivity contribution in [3.63, 3.8) is 0 Å². The lowest BCUT2D eigenvalue weighted by molar-refractivity contribution is 0.0997. The van der Waals surface area contributed by atoms with Crippen molar-refractivity contribution in [2.24, 2.45) is 0 Å². The van der Waals surface area contributed by atoms with Crippen molar-refractivity contribution in [1.29, 1.82) is 0 Å². The maximum Gasteiger partial charge on any atom is 0.294 e. The molecule has 1 N–H and O–H groups in total. The van der Waals surface area contributed by atoms with E-state index in [9.17, 15) is 4.79 Å². The molecule has 0 aliphatic heterocycles. The average molecular weight is 446 g/mol. The number of para-hydroxylation sites is 1. The van der Waals surface area contributed by atoms with Crippen LogP contribution in [0.5, 0.6) is 0 Å². The van der Waals surface area contributed by atoms with E-state index in [0.29, 0.717) is 17.2 Å². The summed E-state index contributed by atoms with van der Waals surface area (Å²) in [5.74, 6) is -0.00779. The molecule has 0 aliphatic rings. The highest BCUT2D eigenvalue weighted by atomic mass is 79.9. The predicted molar refractivity (Wildman–Crippen MR) is 107 cm³/mol. The van der Waals surface area contributed by atoms with Gasteiger partial charge in [0.15, 0.2) is 11.3 Å². The molecule has 0 radical (unpaired) electrons. The number of furan rings is 1. The standard InChI is InChI=1S/C19H14BrClN4O2/c1-11-14-3-2-4-15(21)17(14)27-16(11)18(26)23-19-22-10-25(24-19)9-12-5-7-13(20)8-6-12/h2-8,10H,9H2,1H3,(H,23,24,26). The topological polar surface area (TPSA) is 73.0 Å². The molecule has 0 aliphatic carbocycles. The number of amides is 1. The first kappa shape index (κ1) is 17.8. The van der Waals surface area contributed by atoms with Crippen LogP contribution in [0.1, 0.15) is 21.7 Å². The van der Waals surface area contributed by atoms with E-state index in [1.54, 1.807) is 17.1 Å². The SMILES string of the molecule is Cc1c(C(=O)Nc2ncn(Cc3ccc(Br)cc3)n2)oc2c(Cl)cccc12. The molecule has 4 rings (SSSR count). The largest absolute Gasteiger partial charge is 0.449 e. The van der Waals surface area contributed by atoms with Crippen molar-refractivity contribution >= 4 is 50.4 Å². The molecule has 8 heteroatoms. The molecule has 0 atom stereocenters. The minimum atomic E-state index is -0.416. The average Bonchev–Trinajstić information content (AvgIpc) is 3.22. The number of fused-ring (bicyclic) bond motifs is 1. The molecule has 6 nitrogen and oxygen atoms in total. The van der Waals surface area contributed by atoms with Crippen LogP contribution in [0, 0.1) is 6.92 Å². The van der Waals surface area contributed by atoms with E-state index in [0.717, 1.165) is 21.0 Å². The van der Waals surface area contributed by atoms with Gasteiger partial charge in [-0.05, 0) is 30.7 Å². The molecule has 0 fully saturated rings. The maximum absolute atomic E-state index is 12.6. The fourth-order valence-electron chi connectivity index (χ4n) is 2.79. The van der Waals surface area contributed by atoms with E-state index in [1.807, 2.05) is 43.3 Å². The van der Waals surface area contributed by atoms with Crippen LogP contribution in [0.15, 0.2) is 57.7 Å². The van der Waals surface area contributed by atoms with E-state index in [2.05, 4.69) is 31.3 Å². The van der Waals surface area contributed by atoms with Gasteiger partial charge >= 0.3 is 0 Å². The molecule has 0 unspecified atom stereocenters. The van der Waals surface area contributed by atoms with Crippen molar-refractivity contribution < 1.29 is 9.21 Å². The van der Waals surface area contributed by atoms with Crippen LogP contribution in [-0.4, -0.2) is 20.7 Å². The number of hydrogen-bond acceptors (Lipinski definition) is 4. The summed E-state index contributed by atoms with van der Waals surface area (Å²) < 4.78 is 8.33. The number of carbonyl (C=O) groups is 1. The van der Waals surface area contributed by atoms with Gasteiger partial charge in [0.25, 0.3) is 5.91 Å². The molecule has 0 spiro atoms. The van der Waals surface area contributed by atoms with Gasteiger partial charge in [0.2, 0.25) is 5.95 Å². The van der Waals surface area contributed by atoms with Gasteiger partial charge in [-0.1, -0.05) is 51.8 Å². The molecule has 136 valence electrons. The molecule has 0 saturated carbocycles. The number of nitrogens with one attached hydrogen (secondary N) is 1. The smallest absolute Gasteiger partial charge is 0.294 e. The number of benzene rings is 2. The predicted octanol–water partition coefficient (Wildman–Crippen LogP) is 5.05. The number of aryl methyl sites for hydroxylation is 1. The highest BCUT2D eigenvalue weighted by Crippen LogP contribution is 2.30. The second-order valence-electron chi connectivity index (χ2n) is 6.02. The lowest BCUT2D eigenvalue weighted by Gasteiger charge is -2.01. The zero-order valence-electron chi connectivity index (χ0n) is 14.2. The van der Waals surface area contributed by atoms with Crippen molar-refractivity contribution in [3.05, 3.63) is 75.2 Å². The molecule has 2 heterocycles. The minimum absolute atomic E-state index is 0.197. The summed E-state index contributed by atoms with van der Waals surface area (Å²) in [6.45, 7) is 2.37. The molecule has 1 amide bonds. The molecule has 4 aromatic rings. The number of halogens is 2. The second-order valence-corrected chi connectivity index (χ2v) is 7.34. The first-order chi connectivity index (χ1) is 13.0. The van der Waals surface area contributed by atoms with Gasteiger partial charge in [-0.25, -0.2) is 9.67 Å². The van der Waals surface area contributed by atoms with Crippen molar-refractivity contribution in [2.45, 2.75) is 13.5 Å². The zero-order chi connectivity index (χ0) is 19.0. The molecular formula is C19H14BrClN4O2. The lowest BCUT2D eigenvalue weighted by Crippen LogP contribution is -2.13. The molecular weight excluding hydrogens is 432 g/mol. The third-order valence-corrected chi connectivity index (χ3v) is 4.97. The van der Waals surface area contributed by atoms with Crippen LogP contribution < -0.4 is 5.32 Å². The van der Waals surface area contributed by atoms with E-state index in [-0.39, 0.29) is 11.7 Å². The monoisotopic (exact) mass is 444 g/mol. The molecule has 0 bridgehead atoms. The number of nitrogens with zero attached hydrogens (tertiary/aromatic N) is 3. The first-order valence-corrected chi connectivity index (χ1v) is 9.31. The van der Waals surface area contributed by atoms with E-state index in [1.165, 1.54) is 0 Å². The zero-order valence-corrected chi connectivity index (χ0v) is 16.6. The summed E-state index contributed by atoms with van der Waals surface area (Å²) in [5.41, 5.74) is 2.29. The van der Waals surface area contributed by atoms with E-state index >= 15 is 0 Å². The maximum atomic E-state index is 12.6. The normalized spacial score (nSPS) is 11.1. The van der Waals surface area contributed by atoms with Crippen molar-refractivity contribution in [2.75, 3.05) is 5.32 Å². The summed E-state index contributed by atoms with van der Waals surface area (Å²) in [4.78, 5) is 16.7. The van der Waals surface area contributed by atoms with Crippen LogP contribution >= 0.6 is 27.5 Å². The summed E-state index contributed by atoms with van der Waals surface area (Å²) in [7, 11) is 0. The molecule has 0 saturated heterocycles. The lowest BCUT2D eigenvalue weighted by atomic mass is 10.1. The van der Waals surface area contributed by atoms with E-state index in [4.69, 9.17) is 16.0 Å². The highest BCUT2D eigenvalue weighted by molar-refractivity contribution is 9.10. The fourth-order valence-corrected chi connectivity index (χ4v) is 3.27. The summed E-state index contributed by atoms with van der Waals surface area (Å²) in [6, 6.07) is 13.3. The van der Waals surface area contributed by atoms with Crippen LogP contribution in [0.4, 0.5) is 5.95 Å². The first-order valence-electron chi connectivity index (χ1n) is 8.14. The Hall–Kier alpha value is -2.64. The quantitative estimate of drug-likeness (QED) is 0.477. The van der Waals surface area contributed by atoms with Gasteiger partial charge in [0, 0.05) is 15.4 Å². The van der Waals surface area contributed by atoms with Gasteiger partial charge in [0.05, 0.1) is 11.6 Å². The molecule has 2 aromatic heterocycles. The third kappa shape index (κ3) is 3.61. The highest BCUT2D eigenvalue weighted by Gasteiger charge is 2.20. The Balaban J connectivity index is 1.52. The Morgan fingerprint density at radius 3 is 2.78 bits per heavy atom. The summed E-state index contributed by atoms with van der Waals surface area (Å²) in [5, 5.41) is 8.23. The van der Waals surface area contributed by atoms with E-state index < -0.39 is 5.91 Å². The van der Waals surface area contributed by atoms with Gasteiger partial charge < -0.3 is 4.42 Å². The van der Waals surface area contributed by atoms with Gasteiger partial charge in [-0.3, -0.25) is 10.1 Å². The Kier molecular flexibility index (Phi) is 4.72. The number of carbonyl (C=O) groups excluding carboxylic acids is 1. The van der Waals surface area contributed by atoms with Crippen molar-refractivity contribution in [3.8, 4) is 0 Å².